The number of hydrogen-bond acceptors (Lipinski definition) is 3. The Bertz CT molecular complexity index is 297. The van der Waals surface area contributed by atoms with Crippen molar-refractivity contribution in [2.75, 3.05) is 13.2 Å². The second-order valence-electron chi connectivity index (χ2n) is 2.88. The maximum atomic E-state index is 9.00. The molecular weight excluding hydrogens is 202 g/mol. The van der Waals surface area contributed by atoms with E-state index in [1.165, 1.54) is 0 Å². The summed E-state index contributed by atoms with van der Waals surface area (Å²) in [6.45, 7) is -0.0584. The van der Waals surface area contributed by atoms with Crippen LogP contribution in [0.1, 0.15) is 5.56 Å². The van der Waals surface area contributed by atoms with Gasteiger partial charge in [-0.3, -0.25) is 4.99 Å². The van der Waals surface area contributed by atoms with E-state index in [0.717, 1.165) is 5.56 Å². The van der Waals surface area contributed by atoms with E-state index in [-0.39, 0.29) is 13.2 Å². The second-order valence-corrected chi connectivity index (χ2v) is 3.32. The first-order valence-corrected chi connectivity index (χ1v) is 4.64. The van der Waals surface area contributed by atoms with E-state index in [1.54, 1.807) is 18.3 Å². The van der Waals surface area contributed by atoms with Gasteiger partial charge in [-0.15, -0.1) is 0 Å². The van der Waals surface area contributed by atoms with Crippen molar-refractivity contribution in [2.24, 2.45) is 4.99 Å². The average Bonchev–Trinajstić information content (AvgIpc) is 2.21. The van der Waals surface area contributed by atoms with E-state index in [0.29, 0.717) is 5.02 Å². The van der Waals surface area contributed by atoms with Gasteiger partial charge in [-0.1, -0.05) is 23.7 Å². The van der Waals surface area contributed by atoms with E-state index in [1.807, 2.05) is 12.1 Å². The molecule has 0 aliphatic carbocycles. The third-order valence-electron chi connectivity index (χ3n) is 1.64. The molecule has 2 N–H and O–H groups in total. The van der Waals surface area contributed by atoms with E-state index >= 15 is 0 Å². The summed E-state index contributed by atoms with van der Waals surface area (Å²) in [4.78, 5) is 3.96. The molecule has 0 saturated carbocycles. The Morgan fingerprint density at radius 2 is 2.00 bits per heavy atom. The zero-order chi connectivity index (χ0) is 10.4. The van der Waals surface area contributed by atoms with Crippen LogP contribution in [0.2, 0.25) is 5.02 Å². The molecule has 1 aromatic rings. The highest BCUT2D eigenvalue weighted by molar-refractivity contribution is 6.30. The number of aliphatic imine (C=N–C) groups is 1. The first-order valence-electron chi connectivity index (χ1n) is 4.26. The molecule has 0 spiro atoms. The molecule has 0 fully saturated rings. The molecule has 14 heavy (non-hydrogen) atoms. The highest BCUT2D eigenvalue weighted by Gasteiger charge is 1.97. The fraction of sp³-hybridized carbons (Fsp3) is 0.300. The van der Waals surface area contributed by atoms with Gasteiger partial charge >= 0.3 is 0 Å². The maximum Gasteiger partial charge on any atom is 0.0965 e. The minimum atomic E-state index is -0.779. The van der Waals surface area contributed by atoms with Gasteiger partial charge in [0.25, 0.3) is 0 Å². The van der Waals surface area contributed by atoms with Crippen molar-refractivity contribution in [3.8, 4) is 0 Å². The minimum absolute atomic E-state index is 0.207. The summed E-state index contributed by atoms with van der Waals surface area (Å²) in [5, 5.41) is 18.2. The zero-order valence-electron chi connectivity index (χ0n) is 7.60. The smallest absolute Gasteiger partial charge is 0.0965 e. The van der Waals surface area contributed by atoms with Crippen LogP contribution in [-0.2, 0) is 0 Å². The molecule has 1 unspecified atom stereocenters. The predicted molar refractivity (Wildman–Crippen MR) is 57.0 cm³/mol. The molecule has 0 heterocycles. The third kappa shape index (κ3) is 3.87. The fourth-order valence-corrected chi connectivity index (χ4v) is 1.01. The maximum absolute atomic E-state index is 9.00. The average molecular weight is 214 g/mol. The molecule has 3 nitrogen and oxygen atoms in total. The van der Waals surface area contributed by atoms with Crippen molar-refractivity contribution < 1.29 is 10.2 Å². The Morgan fingerprint density at radius 3 is 2.57 bits per heavy atom. The topological polar surface area (TPSA) is 52.8 Å². The predicted octanol–water partition coefficient (Wildman–Crippen LogP) is 1.11. The van der Waals surface area contributed by atoms with Gasteiger partial charge in [0.15, 0.2) is 0 Å². The number of benzene rings is 1. The van der Waals surface area contributed by atoms with Gasteiger partial charge in [0.1, 0.15) is 0 Å². The molecule has 76 valence electrons. The largest absolute Gasteiger partial charge is 0.394 e. The SMILES string of the molecule is OCC(O)CN=Cc1ccc(Cl)cc1. The van der Waals surface area contributed by atoms with Crippen LogP contribution in [-0.4, -0.2) is 35.7 Å². The van der Waals surface area contributed by atoms with E-state index < -0.39 is 6.10 Å². The second kappa shape index (κ2) is 5.75. The summed E-state index contributed by atoms with van der Waals surface area (Å²) < 4.78 is 0. The van der Waals surface area contributed by atoms with Crippen LogP contribution in [0.15, 0.2) is 29.3 Å². The molecule has 1 aromatic carbocycles. The van der Waals surface area contributed by atoms with Gasteiger partial charge in [0.2, 0.25) is 0 Å². The van der Waals surface area contributed by atoms with E-state index in [9.17, 15) is 0 Å². The number of nitrogens with zero attached hydrogens (tertiary/aromatic N) is 1. The standard InChI is InChI=1S/C10H12ClNO2/c11-9-3-1-8(2-4-9)5-12-6-10(14)7-13/h1-5,10,13-14H,6-7H2. The minimum Gasteiger partial charge on any atom is -0.394 e. The monoisotopic (exact) mass is 213 g/mol. The molecular formula is C10H12ClNO2. The van der Waals surface area contributed by atoms with Gasteiger partial charge in [-0.2, -0.15) is 0 Å². The van der Waals surface area contributed by atoms with Crippen molar-refractivity contribution in [1.29, 1.82) is 0 Å². The van der Waals surface area contributed by atoms with Crippen LogP contribution in [0, 0.1) is 0 Å². The molecule has 4 heteroatoms. The molecule has 0 aliphatic rings. The summed E-state index contributed by atoms with van der Waals surface area (Å²) >= 11 is 5.70. The highest BCUT2D eigenvalue weighted by atomic mass is 35.5. The Labute approximate surface area is 87.7 Å². The summed E-state index contributed by atoms with van der Waals surface area (Å²) in [6.07, 6.45) is 0.855. The number of rotatable bonds is 4. The Hall–Kier alpha value is -0.900. The molecule has 0 amide bonds. The van der Waals surface area contributed by atoms with Crippen LogP contribution in [0.25, 0.3) is 0 Å². The fourth-order valence-electron chi connectivity index (χ4n) is 0.886. The van der Waals surface area contributed by atoms with Crippen LogP contribution in [0.4, 0.5) is 0 Å². The van der Waals surface area contributed by atoms with E-state index in [4.69, 9.17) is 21.8 Å². The Balaban J connectivity index is 2.48. The van der Waals surface area contributed by atoms with Crippen molar-refractivity contribution in [2.45, 2.75) is 6.10 Å². The molecule has 0 bridgehead atoms. The molecule has 1 atom stereocenters. The highest BCUT2D eigenvalue weighted by Crippen LogP contribution is 2.07. The van der Waals surface area contributed by atoms with Crippen LogP contribution < -0.4 is 0 Å². The number of halogens is 1. The van der Waals surface area contributed by atoms with Gasteiger partial charge in [0.05, 0.1) is 19.3 Å². The normalized spacial score (nSPS) is 13.4. The number of aliphatic hydroxyl groups is 2. The molecule has 0 saturated heterocycles. The van der Waals surface area contributed by atoms with Crippen molar-refractivity contribution in [3.63, 3.8) is 0 Å². The van der Waals surface area contributed by atoms with Gasteiger partial charge in [0, 0.05) is 11.2 Å². The van der Waals surface area contributed by atoms with Crippen LogP contribution in [0.3, 0.4) is 0 Å². The summed E-state index contributed by atoms with van der Waals surface area (Å²) in [6, 6.07) is 7.20. The quantitative estimate of drug-likeness (QED) is 0.737. The zero-order valence-corrected chi connectivity index (χ0v) is 8.35. The summed E-state index contributed by atoms with van der Waals surface area (Å²) in [5.74, 6) is 0. The molecule has 0 radical (unpaired) electrons. The Kier molecular flexibility index (Phi) is 4.59. The molecule has 0 aliphatic heterocycles. The number of aliphatic hydroxyl groups excluding tert-OH is 2. The van der Waals surface area contributed by atoms with E-state index in [2.05, 4.69) is 4.99 Å². The lowest BCUT2D eigenvalue weighted by Gasteiger charge is -2.00. The first kappa shape index (κ1) is 11.2. The van der Waals surface area contributed by atoms with Gasteiger partial charge in [-0.05, 0) is 17.7 Å². The third-order valence-corrected chi connectivity index (χ3v) is 1.89. The van der Waals surface area contributed by atoms with Crippen molar-refractivity contribution in [3.05, 3.63) is 34.9 Å². The number of hydrogen-bond donors (Lipinski definition) is 2. The molecule has 0 aromatic heterocycles. The lowest BCUT2D eigenvalue weighted by atomic mass is 10.2. The lowest BCUT2D eigenvalue weighted by molar-refractivity contribution is 0.102. The van der Waals surface area contributed by atoms with Crippen LogP contribution >= 0.6 is 11.6 Å². The van der Waals surface area contributed by atoms with Crippen LogP contribution in [0.5, 0.6) is 0 Å². The first-order chi connectivity index (χ1) is 6.72. The molecule has 1 rings (SSSR count). The Morgan fingerprint density at radius 1 is 1.36 bits per heavy atom. The summed E-state index contributed by atoms with van der Waals surface area (Å²) in [7, 11) is 0. The van der Waals surface area contributed by atoms with Crippen molar-refractivity contribution in [1.82, 2.24) is 0 Å². The van der Waals surface area contributed by atoms with Gasteiger partial charge in [-0.25, -0.2) is 0 Å². The summed E-state index contributed by atoms with van der Waals surface area (Å²) in [5.41, 5.74) is 0.916. The lowest BCUT2D eigenvalue weighted by Crippen LogP contribution is -2.15. The van der Waals surface area contributed by atoms with Crippen molar-refractivity contribution >= 4 is 17.8 Å². The van der Waals surface area contributed by atoms with Gasteiger partial charge < -0.3 is 10.2 Å².